The molecule has 2 amide bonds. The van der Waals surface area contributed by atoms with E-state index in [9.17, 15) is 26.4 Å². The van der Waals surface area contributed by atoms with E-state index in [1.54, 1.807) is 38.1 Å². The van der Waals surface area contributed by atoms with Crippen LogP contribution >= 0.6 is 0 Å². The molecule has 2 N–H and O–H groups in total. The maximum Gasteiger partial charge on any atom is 0.241 e. The van der Waals surface area contributed by atoms with Crippen molar-refractivity contribution in [2.75, 3.05) is 52.6 Å². The summed E-state index contributed by atoms with van der Waals surface area (Å²) in [4.78, 5) is 29.9. The molecule has 0 radical (unpaired) electrons. The lowest BCUT2D eigenvalue weighted by molar-refractivity contribution is -0.136. The first-order valence-corrected chi connectivity index (χ1v) is 17.8. The second-order valence-electron chi connectivity index (χ2n) is 10.7. The molecule has 12 nitrogen and oxygen atoms in total. The average Bonchev–Trinajstić information content (AvgIpc) is 2.99. The van der Waals surface area contributed by atoms with Crippen molar-refractivity contribution in [3.63, 3.8) is 0 Å². The van der Waals surface area contributed by atoms with Gasteiger partial charge in [-0.25, -0.2) is 16.8 Å². The van der Waals surface area contributed by atoms with Crippen molar-refractivity contribution < 1.29 is 35.9 Å². The van der Waals surface area contributed by atoms with Crippen molar-refractivity contribution in [3.8, 4) is 0 Å². The second kappa shape index (κ2) is 16.4. The largest absolute Gasteiger partial charge is 0.378 e. The molecule has 1 aliphatic heterocycles. The highest BCUT2D eigenvalue weighted by molar-refractivity contribution is 7.89. The Kier molecular flexibility index (Phi) is 13.3. The minimum atomic E-state index is -3.91. The predicted molar refractivity (Wildman–Crippen MR) is 166 cm³/mol. The van der Waals surface area contributed by atoms with Gasteiger partial charge in [0.05, 0.1) is 36.2 Å². The summed E-state index contributed by atoms with van der Waals surface area (Å²) in [6.07, 6.45) is 0.511. The molecular weight excluding hydrogens is 608 g/mol. The molecule has 0 saturated carbocycles. The van der Waals surface area contributed by atoms with Gasteiger partial charge >= 0.3 is 0 Å². The van der Waals surface area contributed by atoms with Gasteiger partial charge in [0, 0.05) is 26.2 Å². The first-order valence-electron chi connectivity index (χ1n) is 14.8. The fourth-order valence-electron chi connectivity index (χ4n) is 4.57. The Labute approximate surface area is 261 Å². The van der Waals surface area contributed by atoms with E-state index in [0.29, 0.717) is 0 Å². The molecule has 2 aromatic carbocycles. The number of nitrogens with one attached hydrogen (secondary N) is 2. The van der Waals surface area contributed by atoms with Gasteiger partial charge in [-0.3, -0.25) is 9.59 Å². The van der Waals surface area contributed by atoms with E-state index in [1.165, 1.54) is 34.1 Å². The molecular formula is C30H44N4O8S2. The number of hydrogen-bond acceptors (Lipinski definition) is 8. The zero-order valence-electron chi connectivity index (χ0n) is 25.8. The van der Waals surface area contributed by atoms with Crippen molar-refractivity contribution >= 4 is 31.9 Å². The van der Waals surface area contributed by atoms with Gasteiger partial charge in [0.2, 0.25) is 31.9 Å². The number of amides is 2. The van der Waals surface area contributed by atoms with Crippen LogP contribution in [-0.2, 0) is 39.1 Å². The molecule has 0 bridgehead atoms. The molecule has 1 fully saturated rings. The van der Waals surface area contributed by atoms with Crippen molar-refractivity contribution in [1.29, 1.82) is 0 Å². The maximum absolute atomic E-state index is 13.4. The number of carbonyl (C=O) groups excluding carboxylic acids is 2. The summed E-state index contributed by atoms with van der Waals surface area (Å²) in [6.45, 7) is 8.63. The molecule has 2 atom stereocenters. The number of rotatable bonds is 10. The SMILES string of the molecule is CCC(NS(=O)(=O)c1ccc(C)cc1)C(=O)N1CCOCCN(C(=O)C(CC)NS(=O)(=O)c2ccc(C)cc2)CCOCC1. The summed E-state index contributed by atoms with van der Waals surface area (Å²) >= 11 is 0. The van der Waals surface area contributed by atoms with Gasteiger partial charge in [-0.05, 0) is 51.0 Å². The molecule has 1 heterocycles. The molecule has 0 aromatic heterocycles. The average molecular weight is 653 g/mol. The number of carbonyl (C=O) groups is 2. The molecule has 2 unspecified atom stereocenters. The van der Waals surface area contributed by atoms with Gasteiger partial charge in [-0.1, -0.05) is 49.2 Å². The van der Waals surface area contributed by atoms with Gasteiger partial charge in [0.1, 0.15) is 12.1 Å². The Bertz CT molecular complexity index is 1330. The Hall–Kier alpha value is -2.88. The van der Waals surface area contributed by atoms with Crippen LogP contribution in [0.3, 0.4) is 0 Å². The molecule has 0 spiro atoms. The lowest BCUT2D eigenvalue weighted by atomic mass is 10.2. The predicted octanol–water partition coefficient (Wildman–Crippen LogP) is 1.82. The van der Waals surface area contributed by atoms with E-state index in [1.807, 2.05) is 13.8 Å². The monoisotopic (exact) mass is 652 g/mol. The Morgan fingerprint density at radius 3 is 1.20 bits per heavy atom. The molecule has 244 valence electrons. The molecule has 0 aliphatic carbocycles. The van der Waals surface area contributed by atoms with Gasteiger partial charge in [0.15, 0.2) is 0 Å². The second-order valence-corrected chi connectivity index (χ2v) is 14.1. The molecule has 1 saturated heterocycles. The fourth-order valence-corrected chi connectivity index (χ4v) is 7.12. The quantitative estimate of drug-likeness (QED) is 0.395. The highest BCUT2D eigenvalue weighted by atomic mass is 32.2. The lowest BCUT2D eigenvalue weighted by Gasteiger charge is -2.30. The van der Waals surface area contributed by atoms with E-state index in [0.717, 1.165) is 11.1 Å². The molecule has 2 aromatic rings. The highest BCUT2D eigenvalue weighted by Gasteiger charge is 2.30. The van der Waals surface area contributed by atoms with Crippen LogP contribution in [-0.4, -0.2) is 103 Å². The minimum Gasteiger partial charge on any atom is -0.378 e. The third kappa shape index (κ3) is 10.1. The van der Waals surface area contributed by atoms with Crippen molar-refractivity contribution in [3.05, 3.63) is 59.7 Å². The van der Waals surface area contributed by atoms with Crippen LogP contribution in [0.1, 0.15) is 37.8 Å². The van der Waals surface area contributed by atoms with Gasteiger partial charge in [-0.2, -0.15) is 9.44 Å². The fraction of sp³-hybridized carbons (Fsp3) is 0.533. The standard InChI is InChI=1S/C30H44N4O8S2/c1-5-27(31-43(37,38)25-11-7-23(3)8-12-25)29(35)33-15-19-41-21-17-34(18-22-42-20-16-33)30(36)28(6-2)32-44(39,40)26-13-9-24(4)10-14-26/h7-14,27-28,31-32H,5-6,15-22H2,1-4H3. The molecule has 3 rings (SSSR count). The van der Waals surface area contributed by atoms with Crippen molar-refractivity contribution in [2.24, 2.45) is 0 Å². The topological polar surface area (TPSA) is 151 Å². The number of nitrogens with zero attached hydrogens (tertiary/aromatic N) is 2. The van der Waals surface area contributed by atoms with Crippen LogP contribution in [0.4, 0.5) is 0 Å². The van der Waals surface area contributed by atoms with Crippen LogP contribution < -0.4 is 9.44 Å². The highest BCUT2D eigenvalue weighted by Crippen LogP contribution is 2.14. The van der Waals surface area contributed by atoms with Crippen LogP contribution in [0.15, 0.2) is 58.3 Å². The number of aryl methyl sites for hydroxylation is 2. The van der Waals surface area contributed by atoms with Gasteiger partial charge in [0.25, 0.3) is 0 Å². The smallest absolute Gasteiger partial charge is 0.241 e. The summed E-state index contributed by atoms with van der Waals surface area (Å²) < 4.78 is 68.3. The van der Waals surface area contributed by atoms with E-state index < -0.39 is 32.1 Å². The zero-order valence-corrected chi connectivity index (χ0v) is 27.5. The first-order chi connectivity index (χ1) is 20.9. The van der Waals surface area contributed by atoms with E-state index in [2.05, 4.69) is 9.44 Å². The normalized spacial score (nSPS) is 17.3. The molecule has 44 heavy (non-hydrogen) atoms. The summed E-state index contributed by atoms with van der Waals surface area (Å²) in [5.74, 6) is -0.758. The minimum absolute atomic E-state index is 0.0853. The number of sulfonamides is 2. The maximum atomic E-state index is 13.4. The number of ether oxygens (including phenoxy) is 2. The van der Waals surface area contributed by atoms with E-state index in [4.69, 9.17) is 9.47 Å². The Balaban J connectivity index is 1.59. The molecule has 14 heteroatoms. The molecule has 1 aliphatic rings. The first kappa shape index (κ1) is 35.6. The zero-order chi connectivity index (χ0) is 32.3. The van der Waals surface area contributed by atoms with Crippen LogP contribution in [0.25, 0.3) is 0 Å². The lowest BCUT2D eigenvalue weighted by Crippen LogP contribution is -2.51. The summed E-state index contributed by atoms with van der Waals surface area (Å²) in [5, 5.41) is 0. The van der Waals surface area contributed by atoms with Gasteiger partial charge < -0.3 is 19.3 Å². The Morgan fingerprint density at radius 2 is 0.932 bits per heavy atom. The van der Waals surface area contributed by atoms with Crippen LogP contribution in [0.2, 0.25) is 0 Å². The Morgan fingerprint density at radius 1 is 0.636 bits per heavy atom. The van der Waals surface area contributed by atoms with Gasteiger partial charge in [-0.15, -0.1) is 0 Å². The van der Waals surface area contributed by atoms with Crippen molar-refractivity contribution in [1.82, 2.24) is 19.2 Å². The van der Waals surface area contributed by atoms with Crippen LogP contribution in [0, 0.1) is 13.8 Å². The third-order valence-corrected chi connectivity index (χ3v) is 10.3. The third-order valence-electron chi connectivity index (χ3n) is 7.32. The number of hydrogen-bond donors (Lipinski definition) is 2. The van der Waals surface area contributed by atoms with E-state index >= 15 is 0 Å². The number of benzene rings is 2. The van der Waals surface area contributed by atoms with Crippen LogP contribution in [0.5, 0.6) is 0 Å². The van der Waals surface area contributed by atoms with E-state index in [-0.39, 0.29) is 87.1 Å². The summed E-state index contributed by atoms with van der Waals surface area (Å²) in [5.41, 5.74) is 1.85. The van der Waals surface area contributed by atoms with Crippen molar-refractivity contribution in [2.45, 2.75) is 62.4 Å². The summed E-state index contributed by atoms with van der Waals surface area (Å²) in [6, 6.07) is 10.9. The summed E-state index contributed by atoms with van der Waals surface area (Å²) in [7, 11) is -7.81.